The second-order valence-corrected chi connectivity index (χ2v) is 25.0. The van der Waals surface area contributed by atoms with Crippen molar-refractivity contribution in [2.24, 2.45) is 35.5 Å². The minimum atomic E-state index is -0.376. The number of hydrogen-bond acceptors (Lipinski definition) is 12. The van der Waals surface area contributed by atoms with Crippen molar-refractivity contribution in [1.29, 1.82) is 0 Å². The van der Waals surface area contributed by atoms with Crippen molar-refractivity contribution in [3.8, 4) is 0 Å². The van der Waals surface area contributed by atoms with Crippen molar-refractivity contribution in [3.63, 3.8) is 0 Å². The molecule has 3 rings (SSSR count). The molecule has 0 N–H and O–H groups in total. The van der Waals surface area contributed by atoms with E-state index in [0.717, 1.165) is 135 Å². The Kier molecular flexibility index (Phi) is 49.6. The summed E-state index contributed by atoms with van der Waals surface area (Å²) in [6, 6.07) is 20.1. The predicted molar refractivity (Wildman–Crippen MR) is 369 cm³/mol. The van der Waals surface area contributed by atoms with Gasteiger partial charge in [-0.3, -0.25) is 0 Å². The average molecular weight is 1260 g/mol. The monoisotopic (exact) mass is 1250 g/mol. The Morgan fingerprint density at radius 3 is 0.611 bits per heavy atom. The summed E-state index contributed by atoms with van der Waals surface area (Å²) in [5.41, 5.74) is 2.44. The van der Waals surface area contributed by atoms with Gasteiger partial charge in [0.15, 0.2) is 0 Å². The molecule has 12 nitrogen and oxygen atoms in total. The number of hydrogen-bond donors (Lipinski definition) is 0. The van der Waals surface area contributed by atoms with Crippen molar-refractivity contribution < 1.29 is 57.2 Å². The fourth-order valence-electron chi connectivity index (χ4n) is 10.9. The van der Waals surface area contributed by atoms with E-state index in [9.17, 15) is 28.8 Å². The van der Waals surface area contributed by atoms with Crippen molar-refractivity contribution in [1.82, 2.24) is 0 Å². The SMILES string of the molecule is CCCCC(CC)COC(=O)c1cccc(C(=O)OCC(CC)CCCC)c1.CCCCCC(CCC)COC(=O)c1cccc(C(=O)OCC(CC)CCCC)c1.CCCCCC(CCC)COC(=O)c1cccc(C(=O)OCC(CCC)CCCCC)c1. The largest absolute Gasteiger partial charge is 0.462 e. The van der Waals surface area contributed by atoms with Gasteiger partial charge in [-0.05, 0) is 148 Å². The van der Waals surface area contributed by atoms with Gasteiger partial charge in [-0.15, -0.1) is 0 Å². The lowest BCUT2D eigenvalue weighted by Gasteiger charge is -2.17. The molecular formula is C78H126O12. The molecular weight excluding hydrogens is 1130 g/mol. The summed E-state index contributed by atoms with van der Waals surface area (Å²) in [4.78, 5) is 74.9. The van der Waals surface area contributed by atoms with Crippen LogP contribution in [0.25, 0.3) is 0 Å². The second-order valence-electron chi connectivity index (χ2n) is 25.0. The van der Waals surface area contributed by atoms with Gasteiger partial charge in [-0.1, -0.05) is 236 Å². The lowest BCUT2D eigenvalue weighted by Crippen LogP contribution is -2.16. The predicted octanol–water partition coefficient (Wildman–Crippen LogP) is 21.6. The van der Waals surface area contributed by atoms with Crippen LogP contribution in [0.2, 0.25) is 0 Å². The summed E-state index contributed by atoms with van der Waals surface area (Å²) in [5.74, 6) is 0.199. The average Bonchev–Trinajstić information content (AvgIpc) is 2.80. The standard InChI is InChI=1S/C28H46O4.C26H42O4.C24H38O4/c1-5-9-11-16-23(14-7-3)21-31-27(29)25-18-13-19-26(20-25)28(30)32-22-24(15-8-4)17-12-10-6-2;1-5-9-11-15-22(13-7-3)20-30-26(28)24-17-12-16-23(18-24)25(27)29-19-21(8-4)14-10-6-2;1-5-9-12-19(7-3)17-27-23(25)21-14-11-15-22(16-21)24(26)28-18-20(8-4)13-10-6-2/h13,18-20,23-24H,5-12,14-17,21-22H2,1-4H3;12,16-18,21-22H,5-11,13-15,19-20H2,1-4H3;11,14-16,19-20H,5-10,12-13,17-18H2,1-4H3. The van der Waals surface area contributed by atoms with Gasteiger partial charge in [-0.25, -0.2) is 28.8 Å². The number of rotatable bonds is 48. The van der Waals surface area contributed by atoms with E-state index in [1.54, 1.807) is 72.8 Å². The van der Waals surface area contributed by atoms with Crippen molar-refractivity contribution in [2.45, 2.75) is 276 Å². The van der Waals surface area contributed by atoms with Crippen LogP contribution in [-0.4, -0.2) is 75.5 Å². The highest BCUT2D eigenvalue weighted by Crippen LogP contribution is 2.23. The van der Waals surface area contributed by atoms with Gasteiger partial charge >= 0.3 is 35.8 Å². The fraction of sp³-hybridized carbons (Fsp3) is 0.692. The first-order chi connectivity index (χ1) is 43.6. The van der Waals surface area contributed by atoms with Crippen LogP contribution in [0.5, 0.6) is 0 Å². The highest BCUT2D eigenvalue weighted by Gasteiger charge is 2.21. The zero-order valence-electron chi connectivity index (χ0n) is 58.7. The Hall–Kier alpha value is -5.52. The Balaban J connectivity index is 0.000000677. The summed E-state index contributed by atoms with van der Waals surface area (Å²) in [6.07, 6.45) is 33.6. The van der Waals surface area contributed by atoms with E-state index in [1.807, 2.05) is 0 Å². The van der Waals surface area contributed by atoms with Crippen LogP contribution in [0.4, 0.5) is 0 Å². The zero-order valence-corrected chi connectivity index (χ0v) is 58.7. The maximum absolute atomic E-state index is 12.6. The number of carbonyl (C=O) groups excluding carboxylic acids is 6. The van der Waals surface area contributed by atoms with Gasteiger partial charge in [0.25, 0.3) is 0 Å². The fourth-order valence-corrected chi connectivity index (χ4v) is 10.9. The van der Waals surface area contributed by atoms with Crippen LogP contribution in [0.1, 0.15) is 338 Å². The topological polar surface area (TPSA) is 158 Å². The number of ether oxygens (including phenoxy) is 6. The molecule has 3 aromatic rings. The smallest absolute Gasteiger partial charge is 0.338 e. The summed E-state index contributed by atoms with van der Waals surface area (Å²) < 4.78 is 33.3. The normalized spacial score (nSPS) is 12.9. The van der Waals surface area contributed by atoms with E-state index in [-0.39, 0.29) is 35.8 Å². The van der Waals surface area contributed by atoms with Crippen LogP contribution < -0.4 is 0 Å². The Bertz CT molecular complexity index is 2250. The van der Waals surface area contributed by atoms with Gasteiger partial charge < -0.3 is 28.4 Å². The molecule has 6 unspecified atom stereocenters. The Labute approximate surface area is 547 Å². The minimum absolute atomic E-state index is 0.361. The van der Waals surface area contributed by atoms with E-state index in [4.69, 9.17) is 28.4 Å². The van der Waals surface area contributed by atoms with Gasteiger partial charge in [0.05, 0.1) is 73.0 Å². The molecule has 0 heterocycles. The van der Waals surface area contributed by atoms with Crippen molar-refractivity contribution >= 4 is 35.8 Å². The molecule has 0 radical (unpaired) electrons. The first-order valence-electron chi connectivity index (χ1n) is 36.0. The molecule has 90 heavy (non-hydrogen) atoms. The molecule has 510 valence electrons. The van der Waals surface area contributed by atoms with Crippen molar-refractivity contribution in [2.75, 3.05) is 39.6 Å². The maximum atomic E-state index is 12.6. The van der Waals surface area contributed by atoms with Gasteiger partial charge in [-0.2, -0.15) is 0 Å². The molecule has 6 atom stereocenters. The lowest BCUT2D eigenvalue weighted by atomic mass is 9.97. The molecule has 0 aliphatic heterocycles. The van der Waals surface area contributed by atoms with Gasteiger partial charge in [0.1, 0.15) is 0 Å². The second kappa shape index (κ2) is 54.1. The summed E-state index contributed by atoms with van der Waals surface area (Å²) in [5, 5.41) is 0. The number of benzene rings is 3. The summed E-state index contributed by atoms with van der Waals surface area (Å²) in [7, 11) is 0. The first-order valence-corrected chi connectivity index (χ1v) is 36.0. The zero-order chi connectivity index (χ0) is 66.6. The third kappa shape index (κ3) is 37.7. The minimum Gasteiger partial charge on any atom is -0.462 e. The van der Waals surface area contributed by atoms with Crippen LogP contribution >= 0.6 is 0 Å². The molecule has 3 aromatic carbocycles. The van der Waals surface area contributed by atoms with Gasteiger partial charge in [0.2, 0.25) is 0 Å². The quantitative estimate of drug-likeness (QED) is 0.0300. The molecule has 0 saturated heterocycles. The Morgan fingerprint density at radius 1 is 0.244 bits per heavy atom. The molecule has 0 spiro atoms. The Morgan fingerprint density at radius 2 is 0.433 bits per heavy atom. The van der Waals surface area contributed by atoms with E-state index >= 15 is 0 Å². The highest BCUT2D eigenvalue weighted by molar-refractivity contribution is 5.97. The highest BCUT2D eigenvalue weighted by atomic mass is 16.6. The van der Waals surface area contributed by atoms with Crippen LogP contribution in [-0.2, 0) is 28.4 Å². The molecule has 0 saturated carbocycles. The molecule has 0 aliphatic carbocycles. The molecule has 0 amide bonds. The third-order valence-corrected chi connectivity index (χ3v) is 17.1. The number of carbonyl (C=O) groups is 6. The lowest BCUT2D eigenvalue weighted by molar-refractivity contribution is 0.0405. The van der Waals surface area contributed by atoms with Crippen molar-refractivity contribution in [3.05, 3.63) is 106 Å². The first kappa shape index (κ1) is 82.5. The summed E-state index contributed by atoms with van der Waals surface area (Å²) in [6.45, 7) is 28.6. The molecule has 0 aromatic heterocycles. The molecule has 0 aliphatic rings. The van der Waals surface area contributed by atoms with Crippen LogP contribution in [0.15, 0.2) is 72.8 Å². The van der Waals surface area contributed by atoms with E-state index in [0.29, 0.717) is 109 Å². The summed E-state index contributed by atoms with van der Waals surface area (Å²) >= 11 is 0. The molecule has 0 bridgehead atoms. The van der Waals surface area contributed by atoms with E-state index in [2.05, 4.69) is 83.1 Å². The van der Waals surface area contributed by atoms with Crippen LogP contribution in [0, 0.1) is 35.5 Å². The van der Waals surface area contributed by atoms with Gasteiger partial charge in [0, 0.05) is 0 Å². The maximum Gasteiger partial charge on any atom is 0.338 e. The van der Waals surface area contributed by atoms with E-state index < -0.39 is 0 Å². The van der Waals surface area contributed by atoms with Crippen LogP contribution in [0.3, 0.4) is 0 Å². The van der Waals surface area contributed by atoms with E-state index in [1.165, 1.54) is 57.8 Å². The molecule has 12 heteroatoms. The third-order valence-electron chi connectivity index (χ3n) is 17.1. The number of esters is 6. The number of unbranched alkanes of at least 4 members (excludes halogenated alkanes) is 9. The molecule has 0 fully saturated rings.